The number of carbonyl (C=O) groups is 1. The summed E-state index contributed by atoms with van der Waals surface area (Å²) in [6.07, 6.45) is -4.23. The van der Waals surface area contributed by atoms with Crippen molar-refractivity contribution in [3.05, 3.63) is 35.4 Å². The number of Topliss-reactive ketones (excluding diaryl/α,β-unsaturated/α-hetero) is 1. The lowest BCUT2D eigenvalue weighted by molar-refractivity contribution is -0.137. The molecule has 0 saturated heterocycles. The van der Waals surface area contributed by atoms with Gasteiger partial charge in [-0.15, -0.1) is 0 Å². The summed E-state index contributed by atoms with van der Waals surface area (Å²) in [4.78, 5) is 11.4. The summed E-state index contributed by atoms with van der Waals surface area (Å²) >= 11 is 0. The first kappa shape index (κ1) is 13.2. The smallest absolute Gasteiger partial charge is 0.298 e. The van der Waals surface area contributed by atoms with Crippen LogP contribution < -0.4 is 0 Å². The van der Waals surface area contributed by atoms with Gasteiger partial charge >= 0.3 is 6.18 Å². The zero-order valence-corrected chi connectivity index (χ0v) is 9.08. The van der Waals surface area contributed by atoms with Gasteiger partial charge in [0.25, 0.3) is 0 Å². The molecule has 0 saturated carbocycles. The van der Waals surface area contributed by atoms with Crippen molar-refractivity contribution in [1.82, 2.24) is 0 Å². The summed E-state index contributed by atoms with van der Waals surface area (Å²) in [5.74, 6) is -1.28. The number of alkyl halides is 3. The van der Waals surface area contributed by atoms with Crippen molar-refractivity contribution >= 4 is 5.78 Å². The van der Waals surface area contributed by atoms with E-state index in [0.717, 1.165) is 12.1 Å². The number of nitriles is 1. The maximum atomic E-state index is 12.3. The van der Waals surface area contributed by atoms with Gasteiger partial charge in [0.1, 0.15) is 5.92 Å². The topological polar surface area (TPSA) is 40.9 Å². The third-order valence-electron chi connectivity index (χ3n) is 2.37. The Balaban J connectivity index is 3.02. The third kappa shape index (κ3) is 3.06. The molecule has 0 aliphatic heterocycles. The first-order chi connectivity index (χ1) is 7.90. The van der Waals surface area contributed by atoms with Gasteiger partial charge in [-0.3, -0.25) is 4.79 Å². The Morgan fingerprint density at radius 3 is 2.24 bits per heavy atom. The van der Waals surface area contributed by atoms with Crippen LogP contribution in [-0.2, 0) is 11.0 Å². The molecule has 1 aromatic carbocycles. The van der Waals surface area contributed by atoms with E-state index >= 15 is 0 Å². The standard InChI is InChI=1S/C12H10F3NO/c1-2-11(17)10(7-16)8-3-5-9(6-4-8)12(13,14)15/h3-6,10H,2H2,1H3/t10-/m0/s1. The minimum absolute atomic E-state index is 0.180. The second-order valence-corrected chi connectivity index (χ2v) is 3.50. The van der Waals surface area contributed by atoms with E-state index in [1.807, 2.05) is 0 Å². The Labute approximate surface area is 96.7 Å². The molecule has 17 heavy (non-hydrogen) atoms. The molecule has 0 aliphatic rings. The molecule has 0 amide bonds. The molecule has 2 nitrogen and oxygen atoms in total. The number of hydrogen-bond donors (Lipinski definition) is 0. The molecule has 0 radical (unpaired) electrons. The summed E-state index contributed by atoms with van der Waals surface area (Å²) in [5.41, 5.74) is -0.491. The van der Waals surface area contributed by atoms with Crippen LogP contribution in [0.5, 0.6) is 0 Å². The van der Waals surface area contributed by atoms with E-state index in [4.69, 9.17) is 5.26 Å². The van der Waals surface area contributed by atoms with E-state index in [9.17, 15) is 18.0 Å². The quantitative estimate of drug-likeness (QED) is 0.814. The lowest BCUT2D eigenvalue weighted by Crippen LogP contribution is -2.10. The van der Waals surface area contributed by atoms with Crippen LogP contribution in [0.25, 0.3) is 0 Å². The molecule has 0 bridgehead atoms. The van der Waals surface area contributed by atoms with E-state index in [-0.39, 0.29) is 12.2 Å². The monoisotopic (exact) mass is 241 g/mol. The molecule has 0 aliphatic carbocycles. The van der Waals surface area contributed by atoms with Crippen molar-refractivity contribution in [2.75, 3.05) is 0 Å². The average molecular weight is 241 g/mol. The highest BCUT2D eigenvalue weighted by Crippen LogP contribution is 2.30. The molecule has 5 heteroatoms. The SMILES string of the molecule is CCC(=O)[C@@H](C#N)c1ccc(C(F)(F)F)cc1. The molecule has 0 aromatic heterocycles. The molecule has 1 atom stereocenters. The van der Waals surface area contributed by atoms with E-state index in [1.165, 1.54) is 12.1 Å². The lowest BCUT2D eigenvalue weighted by atomic mass is 9.94. The molecular weight excluding hydrogens is 231 g/mol. The highest BCUT2D eigenvalue weighted by atomic mass is 19.4. The van der Waals surface area contributed by atoms with Crippen LogP contribution in [0.4, 0.5) is 13.2 Å². The van der Waals surface area contributed by atoms with Crippen LogP contribution in [-0.4, -0.2) is 5.78 Å². The Morgan fingerprint density at radius 1 is 1.35 bits per heavy atom. The second kappa shape index (κ2) is 5.00. The predicted octanol–water partition coefficient (Wildman–Crippen LogP) is 3.29. The van der Waals surface area contributed by atoms with Gasteiger partial charge in [-0.25, -0.2) is 0 Å². The summed E-state index contributed by atoms with van der Waals surface area (Å²) in [5, 5.41) is 8.82. The van der Waals surface area contributed by atoms with Gasteiger partial charge < -0.3 is 0 Å². The van der Waals surface area contributed by atoms with Crippen LogP contribution in [0.2, 0.25) is 0 Å². The molecule has 90 valence electrons. The Kier molecular flexibility index (Phi) is 3.89. The average Bonchev–Trinajstić information content (AvgIpc) is 2.29. The molecule has 0 spiro atoms. The zero-order valence-electron chi connectivity index (χ0n) is 9.08. The van der Waals surface area contributed by atoms with Crippen molar-refractivity contribution in [2.45, 2.75) is 25.4 Å². The third-order valence-corrected chi connectivity index (χ3v) is 2.37. The van der Waals surface area contributed by atoms with Gasteiger partial charge in [0.2, 0.25) is 0 Å². The summed E-state index contributed by atoms with van der Waals surface area (Å²) < 4.78 is 36.9. The van der Waals surface area contributed by atoms with Gasteiger partial charge in [0.15, 0.2) is 5.78 Å². The highest BCUT2D eigenvalue weighted by Gasteiger charge is 2.30. The molecule has 1 rings (SSSR count). The molecular formula is C12H10F3NO. The minimum atomic E-state index is -4.41. The first-order valence-electron chi connectivity index (χ1n) is 4.99. The van der Waals surface area contributed by atoms with Crippen LogP contribution in [0.1, 0.15) is 30.4 Å². The van der Waals surface area contributed by atoms with Crippen LogP contribution in [0, 0.1) is 11.3 Å². The number of nitrogens with zero attached hydrogens (tertiary/aromatic N) is 1. The highest BCUT2D eigenvalue weighted by molar-refractivity contribution is 5.88. The Bertz CT molecular complexity index is 442. The molecule has 0 fully saturated rings. The first-order valence-corrected chi connectivity index (χ1v) is 4.99. The van der Waals surface area contributed by atoms with Crippen molar-refractivity contribution in [3.63, 3.8) is 0 Å². The number of ketones is 1. The normalized spacial score (nSPS) is 12.9. The van der Waals surface area contributed by atoms with Gasteiger partial charge in [-0.1, -0.05) is 19.1 Å². The fraction of sp³-hybridized carbons (Fsp3) is 0.333. The summed E-state index contributed by atoms with van der Waals surface area (Å²) in [7, 11) is 0. The van der Waals surface area contributed by atoms with E-state index < -0.39 is 17.7 Å². The van der Waals surface area contributed by atoms with Crippen molar-refractivity contribution in [2.24, 2.45) is 0 Å². The van der Waals surface area contributed by atoms with Crippen molar-refractivity contribution < 1.29 is 18.0 Å². The number of rotatable bonds is 3. The molecule has 0 unspecified atom stereocenters. The number of halogens is 3. The molecule has 1 aromatic rings. The number of hydrogen-bond acceptors (Lipinski definition) is 2. The van der Waals surface area contributed by atoms with Crippen LogP contribution in [0.3, 0.4) is 0 Å². The fourth-order valence-corrected chi connectivity index (χ4v) is 1.40. The van der Waals surface area contributed by atoms with Crippen LogP contribution in [0.15, 0.2) is 24.3 Å². The maximum Gasteiger partial charge on any atom is 0.416 e. The van der Waals surface area contributed by atoms with Gasteiger partial charge in [0.05, 0.1) is 11.6 Å². The maximum absolute atomic E-state index is 12.3. The van der Waals surface area contributed by atoms with Crippen molar-refractivity contribution in [1.29, 1.82) is 5.26 Å². The number of benzene rings is 1. The van der Waals surface area contributed by atoms with E-state index in [0.29, 0.717) is 5.56 Å². The minimum Gasteiger partial charge on any atom is -0.298 e. The van der Waals surface area contributed by atoms with Gasteiger partial charge in [-0.2, -0.15) is 18.4 Å². The molecule has 0 heterocycles. The van der Waals surface area contributed by atoms with Gasteiger partial charge in [-0.05, 0) is 17.7 Å². The second-order valence-electron chi connectivity index (χ2n) is 3.50. The van der Waals surface area contributed by atoms with Crippen LogP contribution >= 0.6 is 0 Å². The van der Waals surface area contributed by atoms with Gasteiger partial charge in [0, 0.05) is 6.42 Å². The Hall–Kier alpha value is -1.83. The van der Waals surface area contributed by atoms with E-state index in [1.54, 1.807) is 13.0 Å². The predicted molar refractivity (Wildman–Crippen MR) is 55.1 cm³/mol. The van der Waals surface area contributed by atoms with E-state index in [2.05, 4.69) is 0 Å². The fourth-order valence-electron chi connectivity index (χ4n) is 1.40. The summed E-state index contributed by atoms with van der Waals surface area (Å²) in [6.45, 7) is 1.61. The zero-order chi connectivity index (χ0) is 13.1. The Morgan fingerprint density at radius 2 is 1.88 bits per heavy atom. The summed E-state index contributed by atoms with van der Waals surface area (Å²) in [6, 6.07) is 5.89. The molecule has 0 N–H and O–H groups in total. The lowest BCUT2D eigenvalue weighted by Gasteiger charge is -2.10. The number of carbonyl (C=O) groups excluding carboxylic acids is 1. The van der Waals surface area contributed by atoms with Crippen molar-refractivity contribution in [3.8, 4) is 6.07 Å². The largest absolute Gasteiger partial charge is 0.416 e.